The quantitative estimate of drug-likeness (QED) is 0.752. The molecule has 84 valence electrons. The lowest BCUT2D eigenvalue weighted by molar-refractivity contribution is 0.255. The topological polar surface area (TPSA) is 45.1 Å². The highest BCUT2D eigenvalue weighted by Gasteiger charge is 2.06. The van der Waals surface area contributed by atoms with E-state index in [4.69, 9.17) is 16.7 Å². The molecule has 0 fully saturated rings. The Balaban J connectivity index is 2.38. The minimum Gasteiger partial charge on any atom is -0.395 e. The van der Waals surface area contributed by atoms with Gasteiger partial charge in [-0.3, -0.25) is 0 Å². The lowest BCUT2D eigenvalue weighted by Crippen LogP contribution is -2.34. The van der Waals surface area contributed by atoms with Crippen LogP contribution in [0.5, 0.6) is 0 Å². The molecule has 0 radical (unpaired) electrons. The maximum absolute atomic E-state index is 9.06. The zero-order valence-corrected chi connectivity index (χ0v) is 10.2. The highest BCUT2D eigenvalue weighted by molar-refractivity contribution is 7.99. The summed E-state index contributed by atoms with van der Waals surface area (Å²) in [5.74, 6) is 0.805. The van der Waals surface area contributed by atoms with E-state index in [0.29, 0.717) is 5.02 Å². The first kappa shape index (κ1) is 12.8. The molecular weight excluding hydrogens is 232 g/mol. The first-order valence-electron chi connectivity index (χ1n) is 4.85. The molecule has 0 spiro atoms. The van der Waals surface area contributed by atoms with Crippen molar-refractivity contribution in [3.05, 3.63) is 23.4 Å². The summed E-state index contributed by atoms with van der Waals surface area (Å²) in [4.78, 5) is 4.17. The molecule has 0 bridgehead atoms. The molecule has 1 rings (SSSR count). The summed E-state index contributed by atoms with van der Waals surface area (Å²) in [5.41, 5.74) is 0. The average Bonchev–Trinajstić information content (AvgIpc) is 2.26. The second kappa shape index (κ2) is 7.06. The number of rotatable bonds is 6. The molecule has 15 heavy (non-hydrogen) atoms. The van der Waals surface area contributed by atoms with E-state index in [1.807, 2.05) is 19.1 Å². The number of aromatic nitrogens is 1. The minimum atomic E-state index is 0.123. The first-order valence-corrected chi connectivity index (χ1v) is 6.21. The standard InChI is InChI=1S/C10H15ClN2OS/c1-2-12-9(6-14)7-15-10-4-3-8(11)5-13-10/h3-5,9,12,14H,2,6-7H2,1H3. The molecule has 3 nitrogen and oxygen atoms in total. The van der Waals surface area contributed by atoms with Crippen LogP contribution >= 0.6 is 23.4 Å². The van der Waals surface area contributed by atoms with Crippen molar-refractivity contribution in [3.63, 3.8) is 0 Å². The van der Waals surface area contributed by atoms with Gasteiger partial charge in [0, 0.05) is 18.0 Å². The predicted molar refractivity (Wildman–Crippen MR) is 64.5 cm³/mol. The molecule has 0 saturated heterocycles. The lowest BCUT2D eigenvalue weighted by atomic mass is 10.4. The minimum absolute atomic E-state index is 0.123. The van der Waals surface area contributed by atoms with Crippen LogP contribution < -0.4 is 5.32 Å². The van der Waals surface area contributed by atoms with E-state index in [2.05, 4.69) is 10.3 Å². The van der Waals surface area contributed by atoms with E-state index in [0.717, 1.165) is 17.3 Å². The monoisotopic (exact) mass is 246 g/mol. The number of likely N-dealkylation sites (N-methyl/N-ethyl adjacent to an activating group) is 1. The van der Waals surface area contributed by atoms with Gasteiger partial charge in [-0.15, -0.1) is 11.8 Å². The van der Waals surface area contributed by atoms with E-state index < -0.39 is 0 Å². The van der Waals surface area contributed by atoms with Gasteiger partial charge in [0.05, 0.1) is 16.7 Å². The summed E-state index contributed by atoms with van der Waals surface area (Å²) < 4.78 is 0. The van der Waals surface area contributed by atoms with Crippen molar-refractivity contribution in [3.8, 4) is 0 Å². The van der Waals surface area contributed by atoms with Crippen LogP contribution in [0.3, 0.4) is 0 Å². The molecule has 0 aromatic carbocycles. The van der Waals surface area contributed by atoms with Crippen LogP contribution in [-0.2, 0) is 0 Å². The van der Waals surface area contributed by atoms with Crippen LogP contribution in [0.1, 0.15) is 6.92 Å². The third kappa shape index (κ3) is 4.84. The zero-order valence-electron chi connectivity index (χ0n) is 8.61. The summed E-state index contributed by atoms with van der Waals surface area (Å²) in [6.45, 7) is 3.03. The maximum Gasteiger partial charge on any atom is 0.0961 e. The molecule has 1 aromatic rings. The van der Waals surface area contributed by atoms with Gasteiger partial charge in [0.2, 0.25) is 0 Å². The van der Waals surface area contributed by atoms with Crippen LogP contribution in [0.25, 0.3) is 0 Å². The lowest BCUT2D eigenvalue weighted by Gasteiger charge is -2.13. The van der Waals surface area contributed by atoms with E-state index in [-0.39, 0.29) is 12.6 Å². The Morgan fingerprint density at radius 1 is 1.60 bits per heavy atom. The van der Waals surface area contributed by atoms with Crippen molar-refractivity contribution >= 4 is 23.4 Å². The summed E-state index contributed by atoms with van der Waals surface area (Å²) in [5, 5.41) is 13.8. The van der Waals surface area contributed by atoms with Crippen molar-refractivity contribution < 1.29 is 5.11 Å². The Bertz CT molecular complexity index is 281. The van der Waals surface area contributed by atoms with Crippen LogP contribution in [-0.4, -0.2) is 35.0 Å². The molecule has 1 unspecified atom stereocenters. The summed E-state index contributed by atoms with van der Waals surface area (Å²) in [7, 11) is 0. The van der Waals surface area contributed by atoms with Crippen LogP contribution in [0, 0.1) is 0 Å². The number of halogens is 1. The highest BCUT2D eigenvalue weighted by atomic mass is 35.5. The smallest absolute Gasteiger partial charge is 0.0961 e. The fraction of sp³-hybridized carbons (Fsp3) is 0.500. The SMILES string of the molecule is CCNC(CO)CSc1ccc(Cl)cn1. The van der Waals surface area contributed by atoms with Gasteiger partial charge in [-0.1, -0.05) is 18.5 Å². The Morgan fingerprint density at radius 3 is 2.93 bits per heavy atom. The number of pyridine rings is 1. The largest absolute Gasteiger partial charge is 0.395 e. The van der Waals surface area contributed by atoms with Gasteiger partial charge in [0.1, 0.15) is 0 Å². The van der Waals surface area contributed by atoms with Crippen LogP contribution in [0.15, 0.2) is 23.4 Å². The third-order valence-corrected chi connectivity index (χ3v) is 3.18. The van der Waals surface area contributed by atoms with Gasteiger partial charge in [-0.05, 0) is 18.7 Å². The van der Waals surface area contributed by atoms with Gasteiger partial charge in [0.15, 0.2) is 0 Å². The van der Waals surface area contributed by atoms with Gasteiger partial charge >= 0.3 is 0 Å². The highest BCUT2D eigenvalue weighted by Crippen LogP contribution is 2.17. The van der Waals surface area contributed by atoms with Gasteiger partial charge in [-0.25, -0.2) is 4.98 Å². The Morgan fingerprint density at radius 2 is 2.40 bits per heavy atom. The summed E-state index contributed by atoms with van der Waals surface area (Å²) >= 11 is 7.34. The van der Waals surface area contributed by atoms with Gasteiger partial charge in [-0.2, -0.15) is 0 Å². The van der Waals surface area contributed by atoms with Crippen LogP contribution in [0.4, 0.5) is 0 Å². The molecule has 1 atom stereocenters. The number of nitrogens with zero attached hydrogens (tertiary/aromatic N) is 1. The van der Waals surface area contributed by atoms with Crippen LogP contribution in [0.2, 0.25) is 5.02 Å². The fourth-order valence-electron chi connectivity index (χ4n) is 1.10. The number of thioether (sulfide) groups is 1. The predicted octanol–water partition coefficient (Wildman–Crippen LogP) is 1.80. The molecule has 0 aliphatic heterocycles. The molecule has 1 aromatic heterocycles. The second-order valence-electron chi connectivity index (χ2n) is 3.06. The molecule has 0 aliphatic rings. The van der Waals surface area contributed by atoms with E-state index >= 15 is 0 Å². The molecule has 0 aliphatic carbocycles. The van der Waals surface area contributed by atoms with E-state index in [1.165, 1.54) is 0 Å². The van der Waals surface area contributed by atoms with Crippen molar-refractivity contribution in [2.75, 3.05) is 18.9 Å². The zero-order chi connectivity index (χ0) is 11.1. The van der Waals surface area contributed by atoms with E-state index in [9.17, 15) is 0 Å². The average molecular weight is 247 g/mol. The third-order valence-electron chi connectivity index (χ3n) is 1.85. The molecule has 0 saturated carbocycles. The number of hydrogen-bond acceptors (Lipinski definition) is 4. The van der Waals surface area contributed by atoms with Crippen molar-refractivity contribution in [1.29, 1.82) is 0 Å². The normalized spacial score (nSPS) is 12.7. The maximum atomic E-state index is 9.06. The number of hydrogen-bond donors (Lipinski definition) is 2. The number of nitrogens with one attached hydrogen (secondary N) is 1. The molecule has 0 amide bonds. The molecular formula is C10H15ClN2OS. The van der Waals surface area contributed by atoms with Gasteiger partial charge in [0.25, 0.3) is 0 Å². The Labute approximate surface area is 99.2 Å². The number of aliphatic hydroxyl groups excluding tert-OH is 1. The van der Waals surface area contributed by atoms with Crippen molar-refractivity contribution in [2.45, 2.75) is 18.0 Å². The second-order valence-corrected chi connectivity index (χ2v) is 4.54. The molecule has 2 N–H and O–H groups in total. The Kier molecular flexibility index (Phi) is 6.02. The number of aliphatic hydroxyl groups is 1. The molecule has 1 heterocycles. The van der Waals surface area contributed by atoms with Crippen molar-refractivity contribution in [2.24, 2.45) is 0 Å². The van der Waals surface area contributed by atoms with E-state index in [1.54, 1.807) is 18.0 Å². The fourth-order valence-corrected chi connectivity index (χ4v) is 2.10. The summed E-state index contributed by atoms with van der Waals surface area (Å²) in [6.07, 6.45) is 1.63. The van der Waals surface area contributed by atoms with Gasteiger partial charge < -0.3 is 10.4 Å². The molecule has 5 heteroatoms. The first-order chi connectivity index (χ1) is 7.26. The Hall–Kier alpha value is -0.290. The summed E-state index contributed by atoms with van der Waals surface area (Å²) in [6, 6.07) is 3.82. The van der Waals surface area contributed by atoms with Crippen molar-refractivity contribution in [1.82, 2.24) is 10.3 Å².